The Bertz CT molecular complexity index is 408. The van der Waals surface area contributed by atoms with Crippen molar-refractivity contribution >= 4 is 33.4 Å². The van der Waals surface area contributed by atoms with Gasteiger partial charge in [0.05, 0.1) is 12.1 Å². The average molecular weight is 293 g/mol. The Morgan fingerprint density at radius 2 is 2.27 bits per heavy atom. The van der Waals surface area contributed by atoms with E-state index >= 15 is 0 Å². The number of halogens is 3. The first-order chi connectivity index (χ1) is 7.00. The summed E-state index contributed by atoms with van der Waals surface area (Å²) in [7, 11) is 0. The number of amides is 1. The van der Waals surface area contributed by atoms with Crippen LogP contribution < -0.4 is 5.32 Å². The van der Waals surface area contributed by atoms with Crippen molar-refractivity contribution in [2.24, 2.45) is 0 Å². The minimum Gasteiger partial charge on any atom is -0.347 e. The van der Waals surface area contributed by atoms with Crippen LogP contribution in [0.2, 0.25) is 0 Å². The summed E-state index contributed by atoms with van der Waals surface area (Å²) in [4.78, 5) is 11.5. The van der Waals surface area contributed by atoms with Gasteiger partial charge in [-0.3, -0.25) is 4.79 Å². The van der Waals surface area contributed by atoms with Crippen LogP contribution in [0.5, 0.6) is 0 Å². The molecule has 0 aliphatic carbocycles. The van der Waals surface area contributed by atoms with Crippen molar-refractivity contribution in [3.8, 4) is 0 Å². The first-order valence-corrected chi connectivity index (χ1v) is 5.24. The van der Waals surface area contributed by atoms with Gasteiger partial charge in [0.15, 0.2) is 0 Å². The van der Waals surface area contributed by atoms with E-state index in [0.29, 0.717) is 9.51 Å². The summed E-state index contributed by atoms with van der Waals surface area (Å²) in [6, 6.07) is 4.14. The van der Waals surface area contributed by atoms with E-state index in [1.165, 1.54) is 18.2 Å². The molecule has 0 aromatic heterocycles. The van der Waals surface area contributed by atoms with E-state index in [2.05, 4.69) is 27.8 Å². The average Bonchev–Trinajstić information content (AvgIpc) is 2.18. The molecule has 0 aliphatic heterocycles. The van der Waals surface area contributed by atoms with E-state index in [4.69, 9.17) is 11.6 Å². The summed E-state index contributed by atoms with van der Waals surface area (Å²) >= 11 is 8.62. The Hall–Kier alpha value is -0.870. The molecule has 1 amide bonds. The summed E-state index contributed by atoms with van der Waals surface area (Å²) in [5.41, 5.74) is -0.0257. The smallest absolute Gasteiger partial charge is 0.254 e. The van der Waals surface area contributed by atoms with Crippen LogP contribution in [-0.2, 0) is 0 Å². The second-order valence-corrected chi connectivity index (χ2v) is 4.27. The molecule has 0 heterocycles. The molecule has 0 unspecified atom stereocenters. The van der Waals surface area contributed by atoms with Gasteiger partial charge in [0.1, 0.15) is 5.82 Å². The number of hydrogen-bond donors (Lipinski definition) is 1. The Labute approximate surface area is 100 Å². The van der Waals surface area contributed by atoms with Gasteiger partial charge in [0.25, 0.3) is 5.91 Å². The highest BCUT2D eigenvalue weighted by atomic mass is 79.9. The van der Waals surface area contributed by atoms with Crippen molar-refractivity contribution in [3.05, 3.63) is 45.7 Å². The molecule has 2 nitrogen and oxygen atoms in total. The van der Waals surface area contributed by atoms with Crippen molar-refractivity contribution in [2.75, 3.05) is 6.54 Å². The third-order valence-electron chi connectivity index (χ3n) is 1.61. The van der Waals surface area contributed by atoms with Crippen molar-refractivity contribution < 1.29 is 9.18 Å². The predicted molar refractivity (Wildman–Crippen MR) is 61.4 cm³/mol. The number of hydrogen-bond acceptors (Lipinski definition) is 1. The van der Waals surface area contributed by atoms with Crippen LogP contribution in [0.15, 0.2) is 34.3 Å². The highest BCUT2D eigenvalue weighted by Crippen LogP contribution is 2.15. The van der Waals surface area contributed by atoms with E-state index in [-0.39, 0.29) is 12.1 Å². The van der Waals surface area contributed by atoms with Crippen LogP contribution in [0.4, 0.5) is 4.39 Å². The van der Waals surface area contributed by atoms with Crippen molar-refractivity contribution in [3.63, 3.8) is 0 Å². The summed E-state index contributed by atoms with van der Waals surface area (Å²) in [6.45, 7) is 3.53. The van der Waals surface area contributed by atoms with Crippen molar-refractivity contribution in [2.45, 2.75) is 0 Å². The fourth-order valence-corrected chi connectivity index (χ4v) is 1.37. The van der Waals surface area contributed by atoms with Crippen molar-refractivity contribution in [1.82, 2.24) is 5.32 Å². The maximum atomic E-state index is 13.2. The van der Waals surface area contributed by atoms with Gasteiger partial charge in [-0.05, 0) is 18.2 Å². The number of rotatable bonds is 3. The van der Waals surface area contributed by atoms with Gasteiger partial charge < -0.3 is 5.32 Å². The maximum Gasteiger partial charge on any atom is 0.254 e. The minimum atomic E-state index is -0.573. The molecule has 0 radical (unpaired) electrons. The van der Waals surface area contributed by atoms with Crippen LogP contribution in [0, 0.1) is 5.82 Å². The van der Waals surface area contributed by atoms with E-state index in [1.54, 1.807) is 0 Å². The Kier molecular flexibility index (Phi) is 4.29. The van der Waals surface area contributed by atoms with Gasteiger partial charge in [-0.1, -0.05) is 34.1 Å². The SMILES string of the molecule is C=C(Cl)CNC(=O)c1cc(Br)ccc1F. The molecular formula is C10H8BrClFNO. The molecule has 1 aromatic carbocycles. The molecular weight excluding hydrogens is 284 g/mol. The molecule has 0 spiro atoms. The molecule has 0 aliphatic rings. The van der Waals surface area contributed by atoms with E-state index in [9.17, 15) is 9.18 Å². The number of carbonyl (C=O) groups excluding carboxylic acids is 1. The number of nitrogens with one attached hydrogen (secondary N) is 1. The quantitative estimate of drug-likeness (QED) is 0.911. The lowest BCUT2D eigenvalue weighted by Gasteiger charge is -2.05. The fraction of sp³-hybridized carbons (Fsp3) is 0.100. The van der Waals surface area contributed by atoms with Crippen LogP contribution >= 0.6 is 27.5 Å². The highest BCUT2D eigenvalue weighted by Gasteiger charge is 2.11. The molecule has 15 heavy (non-hydrogen) atoms. The third kappa shape index (κ3) is 3.64. The van der Waals surface area contributed by atoms with Crippen LogP contribution in [-0.4, -0.2) is 12.5 Å². The number of carbonyl (C=O) groups is 1. The summed E-state index contributed by atoms with van der Waals surface area (Å²) in [5, 5.41) is 2.73. The zero-order chi connectivity index (χ0) is 11.4. The molecule has 1 aromatic rings. The Balaban J connectivity index is 2.81. The van der Waals surface area contributed by atoms with Crippen LogP contribution in [0.25, 0.3) is 0 Å². The van der Waals surface area contributed by atoms with E-state index in [0.717, 1.165) is 0 Å². The van der Waals surface area contributed by atoms with Gasteiger partial charge in [0.2, 0.25) is 0 Å². The van der Waals surface area contributed by atoms with Gasteiger partial charge in [-0.2, -0.15) is 0 Å². The largest absolute Gasteiger partial charge is 0.347 e. The highest BCUT2D eigenvalue weighted by molar-refractivity contribution is 9.10. The van der Waals surface area contributed by atoms with Gasteiger partial charge in [-0.15, -0.1) is 0 Å². The summed E-state index contributed by atoms with van der Waals surface area (Å²) < 4.78 is 13.8. The molecule has 0 bridgehead atoms. The topological polar surface area (TPSA) is 29.1 Å². The first kappa shape index (κ1) is 12.2. The third-order valence-corrected chi connectivity index (χ3v) is 2.24. The van der Waals surface area contributed by atoms with E-state index < -0.39 is 11.7 Å². The first-order valence-electron chi connectivity index (χ1n) is 4.07. The van der Waals surface area contributed by atoms with Crippen LogP contribution in [0.1, 0.15) is 10.4 Å². The molecule has 0 saturated carbocycles. The summed E-state index contributed by atoms with van der Waals surface area (Å²) in [5.74, 6) is -1.09. The fourth-order valence-electron chi connectivity index (χ4n) is 0.943. The molecule has 0 saturated heterocycles. The van der Waals surface area contributed by atoms with Gasteiger partial charge in [0, 0.05) is 9.51 Å². The lowest BCUT2D eigenvalue weighted by Crippen LogP contribution is -2.25. The lowest BCUT2D eigenvalue weighted by atomic mass is 10.2. The number of benzene rings is 1. The molecule has 1 N–H and O–H groups in total. The predicted octanol–water partition coefficient (Wildman–Crippen LogP) is 3.07. The zero-order valence-corrected chi connectivity index (χ0v) is 10.0. The Morgan fingerprint density at radius 3 is 2.87 bits per heavy atom. The molecule has 80 valence electrons. The molecule has 0 fully saturated rings. The van der Waals surface area contributed by atoms with Crippen LogP contribution in [0.3, 0.4) is 0 Å². The standard InChI is InChI=1S/C10H8BrClFNO/c1-6(12)5-14-10(15)8-4-7(11)2-3-9(8)13/h2-4H,1,5H2,(H,14,15). The lowest BCUT2D eigenvalue weighted by molar-refractivity contribution is 0.0953. The van der Waals surface area contributed by atoms with Gasteiger partial charge in [-0.25, -0.2) is 4.39 Å². The molecule has 1 rings (SSSR count). The molecule has 5 heteroatoms. The minimum absolute atomic E-state index is 0.0257. The second-order valence-electron chi connectivity index (χ2n) is 2.82. The van der Waals surface area contributed by atoms with E-state index in [1.807, 2.05) is 0 Å². The second kappa shape index (κ2) is 5.28. The monoisotopic (exact) mass is 291 g/mol. The maximum absolute atomic E-state index is 13.2. The van der Waals surface area contributed by atoms with Gasteiger partial charge >= 0.3 is 0 Å². The summed E-state index contributed by atoms with van der Waals surface area (Å²) in [6.07, 6.45) is 0. The Morgan fingerprint density at radius 1 is 1.60 bits per heavy atom. The normalized spacial score (nSPS) is 9.80. The van der Waals surface area contributed by atoms with Crippen molar-refractivity contribution in [1.29, 1.82) is 0 Å². The molecule has 0 atom stereocenters. The zero-order valence-electron chi connectivity index (χ0n) is 7.69.